The van der Waals surface area contributed by atoms with Crippen molar-refractivity contribution in [1.82, 2.24) is 10.3 Å². The van der Waals surface area contributed by atoms with Gasteiger partial charge in [0.1, 0.15) is 17.2 Å². The molecule has 0 unspecified atom stereocenters. The molecule has 1 amide bonds. The molecule has 1 aliphatic heterocycles. The number of hydrogen-bond acceptors (Lipinski definition) is 5. The SMILES string of the molecule is CCOc1cc(C)nc2ccc(Oc3ccc(NC(=O)[C@@H]4CCCN4)cc3)cc12. The number of amides is 1. The van der Waals surface area contributed by atoms with Crippen LogP contribution in [0, 0.1) is 6.92 Å². The van der Waals surface area contributed by atoms with Gasteiger partial charge in [-0.1, -0.05) is 0 Å². The number of carbonyl (C=O) groups excluding carboxylic acids is 1. The van der Waals surface area contributed by atoms with Gasteiger partial charge in [-0.05, 0) is 75.7 Å². The minimum atomic E-state index is -0.0969. The van der Waals surface area contributed by atoms with E-state index >= 15 is 0 Å². The molecule has 0 saturated carbocycles. The highest BCUT2D eigenvalue weighted by molar-refractivity contribution is 5.95. The standard InChI is InChI=1S/C23H25N3O3/c1-3-28-22-13-15(2)25-20-11-10-18(14-19(20)22)29-17-8-6-16(7-9-17)26-23(27)21-5-4-12-24-21/h6-11,13-14,21,24H,3-5,12H2,1-2H3,(H,26,27)/t21-/m0/s1. The number of carbonyl (C=O) groups is 1. The lowest BCUT2D eigenvalue weighted by molar-refractivity contribution is -0.117. The van der Waals surface area contributed by atoms with E-state index in [0.29, 0.717) is 18.1 Å². The fourth-order valence-electron chi connectivity index (χ4n) is 3.52. The van der Waals surface area contributed by atoms with Crippen molar-refractivity contribution >= 4 is 22.5 Å². The molecule has 1 aromatic heterocycles. The normalized spacial score (nSPS) is 16.0. The average Bonchev–Trinajstić information content (AvgIpc) is 3.25. The van der Waals surface area contributed by atoms with Gasteiger partial charge in [0.15, 0.2) is 0 Å². The lowest BCUT2D eigenvalue weighted by Crippen LogP contribution is -2.35. The summed E-state index contributed by atoms with van der Waals surface area (Å²) in [5.41, 5.74) is 2.55. The third kappa shape index (κ3) is 4.49. The number of aryl methyl sites for hydroxylation is 1. The molecular formula is C23H25N3O3. The smallest absolute Gasteiger partial charge is 0.241 e. The summed E-state index contributed by atoms with van der Waals surface area (Å²) < 4.78 is 11.8. The first-order valence-corrected chi connectivity index (χ1v) is 9.99. The Balaban J connectivity index is 1.48. The van der Waals surface area contributed by atoms with Gasteiger partial charge in [0.2, 0.25) is 5.91 Å². The minimum Gasteiger partial charge on any atom is -0.493 e. The number of nitrogens with one attached hydrogen (secondary N) is 2. The van der Waals surface area contributed by atoms with E-state index in [1.54, 1.807) is 0 Å². The van der Waals surface area contributed by atoms with Gasteiger partial charge < -0.3 is 20.1 Å². The number of hydrogen-bond donors (Lipinski definition) is 2. The van der Waals surface area contributed by atoms with E-state index in [1.165, 1.54) is 0 Å². The Morgan fingerprint density at radius 3 is 2.69 bits per heavy atom. The van der Waals surface area contributed by atoms with Crippen LogP contribution in [0.1, 0.15) is 25.5 Å². The summed E-state index contributed by atoms with van der Waals surface area (Å²) in [5, 5.41) is 7.06. The number of rotatable bonds is 6. The first-order valence-electron chi connectivity index (χ1n) is 9.99. The molecule has 6 nitrogen and oxygen atoms in total. The average molecular weight is 391 g/mol. The third-order valence-electron chi connectivity index (χ3n) is 4.90. The quantitative estimate of drug-likeness (QED) is 0.651. The molecule has 1 saturated heterocycles. The second-order valence-corrected chi connectivity index (χ2v) is 7.14. The van der Waals surface area contributed by atoms with E-state index in [1.807, 2.05) is 62.4 Å². The Kier molecular flexibility index (Phi) is 5.62. The Morgan fingerprint density at radius 1 is 1.17 bits per heavy atom. The van der Waals surface area contributed by atoms with Crippen LogP contribution in [0.2, 0.25) is 0 Å². The lowest BCUT2D eigenvalue weighted by atomic mass is 10.1. The highest BCUT2D eigenvalue weighted by Gasteiger charge is 2.21. The predicted octanol–water partition coefficient (Wildman–Crippen LogP) is 4.42. The number of nitrogens with zero attached hydrogens (tertiary/aromatic N) is 1. The zero-order valence-corrected chi connectivity index (χ0v) is 16.7. The summed E-state index contributed by atoms with van der Waals surface area (Å²) >= 11 is 0. The second kappa shape index (κ2) is 8.49. The summed E-state index contributed by atoms with van der Waals surface area (Å²) in [4.78, 5) is 16.8. The molecular weight excluding hydrogens is 366 g/mol. The number of aromatic nitrogens is 1. The summed E-state index contributed by atoms with van der Waals surface area (Å²) in [6, 6.07) is 15.0. The zero-order valence-electron chi connectivity index (χ0n) is 16.7. The van der Waals surface area contributed by atoms with E-state index in [4.69, 9.17) is 9.47 Å². The fraction of sp³-hybridized carbons (Fsp3) is 0.304. The largest absolute Gasteiger partial charge is 0.493 e. The molecule has 6 heteroatoms. The molecule has 2 heterocycles. The van der Waals surface area contributed by atoms with Crippen LogP contribution in [-0.2, 0) is 4.79 Å². The highest BCUT2D eigenvalue weighted by atomic mass is 16.5. The van der Waals surface area contributed by atoms with Crippen LogP contribution in [0.15, 0.2) is 48.5 Å². The van der Waals surface area contributed by atoms with Crippen LogP contribution >= 0.6 is 0 Å². The number of anilines is 1. The number of ether oxygens (including phenoxy) is 2. The predicted molar refractivity (Wildman–Crippen MR) is 114 cm³/mol. The van der Waals surface area contributed by atoms with Crippen molar-refractivity contribution in [3.63, 3.8) is 0 Å². The number of pyridine rings is 1. The van der Waals surface area contributed by atoms with Crippen LogP contribution in [0.25, 0.3) is 10.9 Å². The zero-order chi connectivity index (χ0) is 20.2. The van der Waals surface area contributed by atoms with Gasteiger partial charge in [0.25, 0.3) is 0 Å². The van der Waals surface area contributed by atoms with Crippen LogP contribution in [0.5, 0.6) is 17.2 Å². The molecule has 0 radical (unpaired) electrons. The molecule has 29 heavy (non-hydrogen) atoms. The lowest BCUT2D eigenvalue weighted by Gasteiger charge is -2.12. The maximum absolute atomic E-state index is 12.2. The molecule has 0 bridgehead atoms. The summed E-state index contributed by atoms with van der Waals surface area (Å²) in [7, 11) is 0. The fourth-order valence-corrected chi connectivity index (χ4v) is 3.52. The van der Waals surface area contributed by atoms with E-state index < -0.39 is 0 Å². The van der Waals surface area contributed by atoms with Gasteiger partial charge in [-0.15, -0.1) is 0 Å². The van der Waals surface area contributed by atoms with Gasteiger partial charge in [0, 0.05) is 22.8 Å². The van der Waals surface area contributed by atoms with Crippen LogP contribution in [0.4, 0.5) is 5.69 Å². The molecule has 0 spiro atoms. The topological polar surface area (TPSA) is 72.5 Å². The van der Waals surface area contributed by atoms with E-state index in [0.717, 1.165) is 47.4 Å². The van der Waals surface area contributed by atoms with Gasteiger partial charge in [-0.25, -0.2) is 0 Å². The molecule has 3 aromatic rings. The van der Waals surface area contributed by atoms with Crippen molar-refractivity contribution in [3.8, 4) is 17.2 Å². The summed E-state index contributed by atoms with van der Waals surface area (Å²) in [6.07, 6.45) is 1.92. The molecule has 1 aliphatic rings. The Hall–Kier alpha value is -3.12. The second-order valence-electron chi connectivity index (χ2n) is 7.14. The van der Waals surface area contributed by atoms with Crippen molar-refractivity contribution in [2.75, 3.05) is 18.5 Å². The van der Waals surface area contributed by atoms with Crippen molar-refractivity contribution in [1.29, 1.82) is 0 Å². The van der Waals surface area contributed by atoms with Crippen LogP contribution in [-0.4, -0.2) is 30.1 Å². The van der Waals surface area contributed by atoms with Crippen LogP contribution < -0.4 is 20.1 Å². The monoisotopic (exact) mass is 391 g/mol. The molecule has 2 N–H and O–H groups in total. The Bertz CT molecular complexity index is 1010. The van der Waals surface area contributed by atoms with Gasteiger partial charge >= 0.3 is 0 Å². The Morgan fingerprint density at radius 2 is 1.97 bits per heavy atom. The van der Waals surface area contributed by atoms with Crippen molar-refractivity contribution < 1.29 is 14.3 Å². The third-order valence-corrected chi connectivity index (χ3v) is 4.90. The van der Waals surface area contributed by atoms with Crippen molar-refractivity contribution in [2.45, 2.75) is 32.7 Å². The molecule has 4 rings (SSSR count). The van der Waals surface area contributed by atoms with Crippen LogP contribution in [0.3, 0.4) is 0 Å². The first-order chi connectivity index (χ1) is 14.1. The van der Waals surface area contributed by atoms with Crippen molar-refractivity contribution in [3.05, 3.63) is 54.2 Å². The Labute approximate surface area is 170 Å². The van der Waals surface area contributed by atoms with Gasteiger partial charge in [0.05, 0.1) is 18.2 Å². The number of fused-ring (bicyclic) bond motifs is 1. The van der Waals surface area contributed by atoms with E-state index in [-0.39, 0.29) is 11.9 Å². The molecule has 0 aliphatic carbocycles. The number of benzene rings is 2. The summed E-state index contributed by atoms with van der Waals surface area (Å²) in [5.74, 6) is 2.21. The molecule has 2 aromatic carbocycles. The molecule has 1 atom stereocenters. The van der Waals surface area contributed by atoms with Gasteiger partial charge in [-0.2, -0.15) is 0 Å². The summed E-state index contributed by atoms with van der Waals surface area (Å²) in [6.45, 7) is 5.41. The maximum Gasteiger partial charge on any atom is 0.241 e. The van der Waals surface area contributed by atoms with E-state index in [2.05, 4.69) is 15.6 Å². The maximum atomic E-state index is 12.2. The van der Waals surface area contributed by atoms with Gasteiger partial charge in [-0.3, -0.25) is 9.78 Å². The minimum absolute atomic E-state index is 0.0111. The van der Waals surface area contributed by atoms with Crippen molar-refractivity contribution in [2.24, 2.45) is 0 Å². The van der Waals surface area contributed by atoms with E-state index in [9.17, 15) is 4.79 Å². The molecule has 150 valence electrons. The molecule has 1 fully saturated rings. The first kappa shape index (κ1) is 19.2. The highest BCUT2D eigenvalue weighted by Crippen LogP contribution is 2.31.